The lowest BCUT2D eigenvalue weighted by Crippen LogP contribution is -2.41. The molecule has 0 atom stereocenters. The van der Waals surface area contributed by atoms with Crippen LogP contribution >= 0.6 is 11.3 Å². The summed E-state index contributed by atoms with van der Waals surface area (Å²) in [7, 11) is -2.14. The third-order valence-corrected chi connectivity index (χ3v) is 6.67. The number of rotatable bonds is 4. The fourth-order valence-electron chi connectivity index (χ4n) is 2.36. The van der Waals surface area contributed by atoms with Gasteiger partial charge in [-0.25, -0.2) is 8.42 Å². The van der Waals surface area contributed by atoms with Crippen LogP contribution in [0.2, 0.25) is 0 Å². The topological polar surface area (TPSA) is 81.4 Å². The van der Waals surface area contributed by atoms with Crippen molar-refractivity contribution in [1.82, 2.24) is 4.31 Å². The number of thiophene rings is 1. The molecule has 0 aliphatic heterocycles. The van der Waals surface area contributed by atoms with E-state index in [1.807, 2.05) is 6.07 Å². The van der Waals surface area contributed by atoms with Crippen LogP contribution in [0.4, 0.5) is 0 Å². The van der Waals surface area contributed by atoms with Crippen LogP contribution in [0.3, 0.4) is 0 Å². The quantitative estimate of drug-likeness (QED) is 0.914. The van der Waals surface area contributed by atoms with Crippen LogP contribution in [0, 0.1) is 11.3 Å². The molecule has 1 heterocycles. The molecule has 0 bridgehead atoms. The highest BCUT2D eigenvalue weighted by atomic mass is 32.2. The Kier molecular flexibility index (Phi) is 3.97. The molecule has 0 amide bonds. The largest absolute Gasteiger partial charge is 0.389 e. The predicted molar refractivity (Wildman–Crippen MR) is 72.3 cm³/mol. The molecule has 104 valence electrons. The van der Waals surface area contributed by atoms with Gasteiger partial charge >= 0.3 is 0 Å². The van der Waals surface area contributed by atoms with Gasteiger partial charge in [0.15, 0.2) is 0 Å². The fraction of sp³-hybridized carbons (Fsp3) is 0.583. The molecule has 2 rings (SSSR count). The summed E-state index contributed by atoms with van der Waals surface area (Å²) in [5.74, 6) is 0. The highest BCUT2D eigenvalue weighted by molar-refractivity contribution is 7.91. The van der Waals surface area contributed by atoms with Crippen molar-refractivity contribution in [3.05, 3.63) is 17.0 Å². The van der Waals surface area contributed by atoms with Gasteiger partial charge in [0.05, 0.1) is 5.60 Å². The zero-order valence-electron chi connectivity index (χ0n) is 10.7. The Morgan fingerprint density at radius 1 is 1.47 bits per heavy atom. The van der Waals surface area contributed by atoms with E-state index in [2.05, 4.69) is 0 Å². The Balaban J connectivity index is 2.17. The van der Waals surface area contributed by atoms with Crippen molar-refractivity contribution in [2.75, 3.05) is 13.6 Å². The predicted octanol–water partition coefficient (Wildman–Crippen LogP) is 1.55. The van der Waals surface area contributed by atoms with E-state index in [0.29, 0.717) is 17.7 Å². The van der Waals surface area contributed by atoms with E-state index < -0.39 is 15.6 Å². The number of likely N-dealkylation sites (N-methyl/N-ethyl adjacent to an activating group) is 1. The first-order chi connectivity index (χ1) is 8.87. The molecule has 5 nitrogen and oxygen atoms in total. The molecule has 1 aromatic rings. The second-order valence-corrected chi connectivity index (χ2v) is 8.28. The maximum Gasteiger partial charge on any atom is 0.252 e. The summed E-state index contributed by atoms with van der Waals surface area (Å²) < 4.78 is 25.9. The average molecular weight is 300 g/mol. The van der Waals surface area contributed by atoms with Crippen LogP contribution in [0.5, 0.6) is 0 Å². The van der Waals surface area contributed by atoms with Gasteiger partial charge in [-0.05, 0) is 25.0 Å². The third-order valence-electron chi connectivity index (χ3n) is 3.41. The van der Waals surface area contributed by atoms with Crippen molar-refractivity contribution in [2.24, 2.45) is 0 Å². The second kappa shape index (κ2) is 5.21. The Morgan fingerprint density at radius 2 is 2.11 bits per heavy atom. The molecule has 1 aliphatic rings. The minimum absolute atomic E-state index is 0.106. The van der Waals surface area contributed by atoms with Crippen LogP contribution in [-0.2, 0) is 10.0 Å². The summed E-state index contributed by atoms with van der Waals surface area (Å²) in [6.07, 6.45) is 3.14. The third kappa shape index (κ3) is 2.98. The van der Waals surface area contributed by atoms with E-state index in [9.17, 15) is 13.5 Å². The molecule has 0 radical (unpaired) electrons. The number of nitrogens with zero attached hydrogens (tertiary/aromatic N) is 2. The molecule has 1 aromatic heterocycles. The highest BCUT2D eigenvalue weighted by Gasteiger charge is 2.36. The summed E-state index contributed by atoms with van der Waals surface area (Å²) in [5, 5.41) is 19.0. The molecule has 1 N–H and O–H groups in total. The molecule has 1 saturated carbocycles. The SMILES string of the molecule is CN(CC1(O)CCCC1)S(=O)(=O)c1ccc(C#N)s1. The first-order valence-corrected chi connectivity index (χ1v) is 8.32. The van der Waals surface area contributed by atoms with Crippen molar-refractivity contribution in [3.8, 4) is 6.07 Å². The van der Waals surface area contributed by atoms with Crippen LogP contribution in [0.25, 0.3) is 0 Å². The average Bonchev–Trinajstić information content (AvgIpc) is 2.97. The zero-order valence-corrected chi connectivity index (χ0v) is 12.3. The Labute approximate surface area is 117 Å². The van der Waals surface area contributed by atoms with Gasteiger partial charge < -0.3 is 5.11 Å². The van der Waals surface area contributed by atoms with E-state index >= 15 is 0 Å². The summed E-state index contributed by atoms with van der Waals surface area (Å²) in [6.45, 7) is 0.106. The molecular weight excluding hydrogens is 284 g/mol. The normalized spacial score (nSPS) is 18.6. The summed E-state index contributed by atoms with van der Waals surface area (Å²) in [4.78, 5) is 0.367. The monoisotopic (exact) mass is 300 g/mol. The van der Waals surface area contributed by atoms with Crippen molar-refractivity contribution in [2.45, 2.75) is 35.5 Å². The van der Waals surface area contributed by atoms with Crippen molar-refractivity contribution in [1.29, 1.82) is 5.26 Å². The summed E-state index contributed by atoms with van der Waals surface area (Å²) in [6, 6.07) is 4.86. The molecule has 0 spiro atoms. The first-order valence-electron chi connectivity index (χ1n) is 6.06. The highest BCUT2D eigenvalue weighted by Crippen LogP contribution is 2.32. The van der Waals surface area contributed by atoms with Crippen LogP contribution in [0.1, 0.15) is 30.6 Å². The van der Waals surface area contributed by atoms with Crippen molar-refractivity contribution in [3.63, 3.8) is 0 Å². The number of hydrogen-bond donors (Lipinski definition) is 1. The molecule has 1 fully saturated rings. The Morgan fingerprint density at radius 3 is 2.63 bits per heavy atom. The zero-order chi connectivity index (χ0) is 14.1. The standard InChI is InChI=1S/C12H16N2O3S2/c1-14(9-12(15)6-2-3-7-12)19(16,17)11-5-4-10(8-13)18-11/h4-5,15H,2-3,6-7,9H2,1H3. The van der Waals surface area contributed by atoms with Crippen LogP contribution in [0.15, 0.2) is 16.3 Å². The minimum Gasteiger partial charge on any atom is -0.389 e. The van der Waals surface area contributed by atoms with Gasteiger partial charge in [0, 0.05) is 13.6 Å². The maximum atomic E-state index is 12.3. The molecule has 0 aromatic carbocycles. The lowest BCUT2D eigenvalue weighted by Gasteiger charge is -2.27. The maximum absolute atomic E-state index is 12.3. The number of aliphatic hydroxyl groups is 1. The number of hydrogen-bond acceptors (Lipinski definition) is 5. The van der Waals surface area contributed by atoms with Crippen molar-refractivity contribution < 1.29 is 13.5 Å². The summed E-state index contributed by atoms with van der Waals surface area (Å²) in [5.41, 5.74) is -0.906. The van der Waals surface area contributed by atoms with Crippen molar-refractivity contribution >= 4 is 21.4 Å². The molecule has 1 aliphatic carbocycles. The van der Waals surface area contributed by atoms with E-state index in [1.165, 1.54) is 23.5 Å². The molecule has 0 unspecified atom stereocenters. The van der Waals surface area contributed by atoms with Gasteiger partial charge in [-0.15, -0.1) is 11.3 Å². The Bertz CT molecular complexity index is 595. The van der Waals surface area contributed by atoms with Gasteiger partial charge in [0.2, 0.25) is 0 Å². The molecular formula is C12H16N2O3S2. The van der Waals surface area contributed by atoms with E-state index in [4.69, 9.17) is 5.26 Å². The lowest BCUT2D eigenvalue weighted by molar-refractivity contribution is 0.0334. The van der Waals surface area contributed by atoms with Gasteiger partial charge in [-0.3, -0.25) is 0 Å². The van der Waals surface area contributed by atoms with Crippen LogP contribution in [-0.4, -0.2) is 37.0 Å². The van der Waals surface area contributed by atoms with Gasteiger partial charge in [-0.2, -0.15) is 9.57 Å². The number of sulfonamides is 1. The smallest absolute Gasteiger partial charge is 0.252 e. The van der Waals surface area contributed by atoms with Gasteiger partial charge in [-0.1, -0.05) is 12.8 Å². The summed E-state index contributed by atoms with van der Waals surface area (Å²) >= 11 is 0.953. The second-order valence-electron chi connectivity index (χ2n) is 4.92. The molecule has 19 heavy (non-hydrogen) atoms. The van der Waals surface area contributed by atoms with E-state index in [-0.39, 0.29) is 10.8 Å². The van der Waals surface area contributed by atoms with Crippen LogP contribution < -0.4 is 0 Å². The van der Waals surface area contributed by atoms with E-state index in [0.717, 1.165) is 24.2 Å². The number of nitriles is 1. The fourth-order valence-corrected chi connectivity index (χ4v) is 4.93. The first kappa shape index (κ1) is 14.5. The van der Waals surface area contributed by atoms with E-state index in [1.54, 1.807) is 0 Å². The van der Waals surface area contributed by atoms with Gasteiger partial charge in [0.1, 0.15) is 15.2 Å². The Hall–Kier alpha value is -0.940. The van der Waals surface area contributed by atoms with Gasteiger partial charge in [0.25, 0.3) is 10.0 Å². The lowest BCUT2D eigenvalue weighted by atomic mass is 10.0. The minimum atomic E-state index is -3.61. The molecule has 7 heteroatoms. The molecule has 0 saturated heterocycles.